The molecule has 3 rings (SSSR count). The summed E-state index contributed by atoms with van der Waals surface area (Å²) in [5.74, 6) is 3.06. The number of aromatic hydroxyl groups is 2. The highest BCUT2D eigenvalue weighted by atomic mass is 16.5. The van der Waals surface area contributed by atoms with Crippen LogP contribution in [0.15, 0.2) is 60.7 Å². The lowest BCUT2D eigenvalue weighted by molar-refractivity contribution is 0.445. The average Bonchev–Trinajstić information content (AvgIpc) is 2.58. The van der Waals surface area contributed by atoms with Crippen molar-refractivity contribution in [3.8, 4) is 34.5 Å². The minimum absolute atomic E-state index is 0.194. The average molecular weight is 322 g/mol. The molecule has 24 heavy (non-hydrogen) atoms. The molecule has 0 heterocycles. The second kappa shape index (κ2) is 6.54. The Bertz CT molecular complexity index is 837. The molecular weight excluding hydrogens is 304 g/mol. The number of hydrogen-bond acceptors (Lipinski definition) is 4. The Balaban J connectivity index is 1.89. The molecule has 0 unspecified atom stereocenters. The van der Waals surface area contributed by atoms with E-state index in [1.165, 1.54) is 0 Å². The molecule has 0 radical (unpaired) electrons. The molecule has 3 aromatic rings. The van der Waals surface area contributed by atoms with Gasteiger partial charge in [-0.15, -0.1) is 0 Å². The van der Waals surface area contributed by atoms with Gasteiger partial charge in [0.05, 0.1) is 0 Å². The summed E-state index contributed by atoms with van der Waals surface area (Å²) < 4.78 is 11.8. The van der Waals surface area contributed by atoms with Crippen LogP contribution in [-0.2, 0) is 0 Å². The van der Waals surface area contributed by atoms with E-state index in [1.807, 2.05) is 26.0 Å². The van der Waals surface area contributed by atoms with Gasteiger partial charge in [-0.25, -0.2) is 0 Å². The molecule has 0 spiro atoms. The van der Waals surface area contributed by atoms with E-state index in [0.29, 0.717) is 17.2 Å². The van der Waals surface area contributed by atoms with Crippen LogP contribution in [0.2, 0.25) is 0 Å². The maximum absolute atomic E-state index is 9.37. The van der Waals surface area contributed by atoms with Crippen molar-refractivity contribution in [2.75, 3.05) is 0 Å². The van der Waals surface area contributed by atoms with Gasteiger partial charge in [-0.2, -0.15) is 0 Å². The topological polar surface area (TPSA) is 58.9 Å². The van der Waals surface area contributed by atoms with E-state index in [4.69, 9.17) is 9.47 Å². The van der Waals surface area contributed by atoms with Crippen LogP contribution in [0.1, 0.15) is 11.1 Å². The summed E-state index contributed by atoms with van der Waals surface area (Å²) in [5, 5.41) is 18.7. The molecule has 122 valence electrons. The molecule has 0 aliphatic heterocycles. The Hall–Kier alpha value is -3.14. The van der Waals surface area contributed by atoms with E-state index < -0.39 is 0 Å². The number of rotatable bonds is 4. The summed E-state index contributed by atoms with van der Waals surface area (Å²) >= 11 is 0. The van der Waals surface area contributed by atoms with Crippen LogP contribution in [0.5, 0.6) is 34.5 Å². The molecule has 4 heteroatoms. The van der Waals surface area contributed by atoms with Crippen molar-refractivity contribution in [1.29, 1.82) is 0 Å². The lowest BCUT2D eigenvalue weighted by Crippen LogP contribution is -1.94. The zero-order valence-electron chi connectivity index (χ0n) is 13.5. The first-order chi connectivity index (χ1) is 11.5. The van der Waals surface area contributed by atoms with Crippen LogP contribution in [0.25, 0.3) is 0 Å². The number of ether oxygens (including phenoxy) is 2. The number of phenols is 2. The first-order valence-electron chi connectivity index (χ1n) is 7.57. The predicted octanol–water partition coefficient (Wildman–Crippen LogP) is 5.30. The molecule has 0 saturated carbocycles. The minimum atomic E-state index is 0.194. The number of benzene rings is 3. The molecule has 0 bridgehead atoms. The van der Waals surface area contributed by atoms with Gasteiger partial charge in [0.25, 0.3) is 0 Å². The third kappa shape index (κ3) is 3.43. The lowest BCUT2D eigenvalue weighted by atomic mass is 10.1. The molecule has 0 fully saturated rings. The fourth-order valence-electron chi connectivity index (χ4n) is 2.35. The molecule has 2 N–H and O–H groups in total. The summed E-state index contributed by atoms with van der Waals surface area (Å²) in [6, 6.07) is 17.0. The van der Waals surface area contributed by atoms with Gasteiger partial charge in [-0.3, -0.25) is 0 Å². The van der Waals surface area contributed by atoms with Gasteiger partial charge in [0.2, 0.25) is 0 Å². The van der Waals surface area contributed by atoms with E-state index in [-0.39, 0.29) is 11.5 Å². The summed E-state index contributed by atoms with van der Waals surface area (Å²) in [6.45, 7) is 3.89. The molecule has 0 saturated heterocycles. The first-order valence-corrected chi connectivity index (χ1v) is 7.57. The fourth-order valence-corrected chi connectivity index (χ4v) is 2.35. The van der Waals surface area contributed by atoms with Crippen molar-refractivity contribution < 1.29 is 19.7 Å². The zero-order chi connectivity index (χ0) is 17.1. The molecule has 0 aliphatic rings. The Morgan fingerprint density at radius 3 is 1.67 bits per heavy atom. The van der Waals surface area contributed by atoms with Gasteiger partial charge in [0.15, 0.2) is 0 Å². The molecule has 3 aromatic carbocycles. The van der Waals surface area contributed by atoms with Gasteiger partial charge < -0.3 is 19.7 Å². The highest BCUT2D eigenvalue weighted by molar-refractivity contribution is 5.52. The van der Waals surface area contributed by atoms with Crippen molar-refractivity contribution in [3.63, 3.8) is 0 Å². The molecule has 0 amide bonds. The highest BCUT2D eigenvalue weighted by Crippen LogP contribution is 2.37. The monoisotopic (exact) mass is 322 g/mol. The molecular formula is C20H18O4. The maximum atomic E-state index is 9.37. The van der Waals surface area contributed by atoms with Crippen molar-refractivity contribution in [2.45, 2.75) is 13.8 Å². The zero-order valence-corrected chi connectivity index (χ0v) is 13.5. The Morgan fingerprint density at radius 2 is 1.12 bits per heavy atom. The third-order valence-electron chi connectivity index (χ3n) is 3.67. The van der Waals surface area contributed by atoms with E-state index in [1.54, 1.807) is 48.5 Å². The SMILES string of the molecule is Cc1ccc(Oc2ccc(O)cc2)c(C)c1Oc1ccc(O)cc1. The second-order valence-corrected chi connectivity index (χ2v) is 5.53. The standard InChI is InChI=1S/C20H18O4/c1-13-3-12-19(23-17-8-4-15(21)5-9-17)14(2)20(13)24-18-10-6-16(22)7-11-18/h3-12,21-22H,1-2H3. The molecule has 0 atom stereocenters. The van der Waals surface area contributed by atoms with E-state index in [0.717, 1.165) is 16.9 Å². The van der Waals surface area contributed by atoms with Crippen LogP contribution in [0, 0.1) is 13.8 Å². The molecule has 0 aromatic heterocycles. The van der Waals surface area contributed by atoms with Crippen LogP contribution < -0.4 is 9.47 Å². The van der Waals surface area contributed by atoms with E-state index >= 15 is 0 Å². The third-order valence-corrected chi connectivity index (χ3v) is 3.67. The highest BCUT2D eigenvalue weighted by Gasteiger charge is 2.12. The summed E-state index contributed by atoms with van der Waals surface area (Å²) in [7, 11) is 0. The van der Waals surface area contributed by atoms with Crippen molar-refractivity contribution in [3.05, 3.63) is 71.8 Å². The Morgan fingerprint density at radius 1 is 0.625 bits per heavy atom. The minimum Gasteiger partial charge on any atom is -0.508 e. The maximum Gasteiger partial charge on any atom is 0.136 e. The van der Waals surface area contributed by atoms with E-state index in [9.17, 15) is 10.2 Å². The smallest absolute Gasteiger partial charge is 0.136 e. The molecule has 4 nitrogen and oxygen atoms in total. The first kappa shape index (κ1) is 15.7. The predicted molar refractivity (Wildman–Crippen MR) is 92.3 cm³/mol. The van der Waals surface area contributed by atoms with Gasteiger partial charge in [-0.05, 0) is 74.0 Å². The Kier molecular flexibility index (Phi) is 4.29. The van der Waals surface area contributed by atoms with Gasteiger partial charge in [0.1, 0.15) is 34.5 Å². The summed E-state index contributed by atoms with van der Waals surface area (Å²) in [5.41, 5.74) is 1.86. The normalized spacial score (nSPS) is 10.4. The summed E-state index contributed by atoms with van der Waals surface area (Å²) in [4.78, 5) is 0. The number of phenolic OH excluding ortho intramolecular Hbond substituents is 2. The van der Waals surface area contributed by atoms with Crippen LogP contribution in [0.3, 0.4) is 0 Å². The quantitative estimate of drug-likeness (QED) is 0.684. The Labute approximate surface area is 140 Å². The number of aryl methyl sites for hydroxylation is 1. The molecule has 0 aliphatic carbocycles. The summed E-state index contributed by atoms with van der Waals surface area (Å²) in [6.07, 6.45) is 0. The van der Waals surface area contributed by atoms with Crippen molar-refractivity contribution >= 4 is 0 Å². The van der Waals surface area contributed by atoms with Gasteiger partial charge >= 0.3 is 0 Å². The van der Waals surface area contributed by atoms with Crippen molar-refractivity contribution in [1.82, 2.24) is 0 Å². The van der Waals surface area contributed by atoms with Crippen LogP contribution >= 0.6 is 0 Å². The van der Waals surface area contributed by atoms with Gasteiger partial charge in [0, 0.05) is 5.56 Å². The van der Waals surface area contributed by atoms with Crippen LogP contribution in [-0.4, -0.2) is 10.2 Å². The second-order valence-electron chi connectivity index (χ2n) is 5.53. The fraction of sp³-hybridized carbons (Fsp3) is 0.100. The van der Waals surface area contributed by atoms with Crippen LogP contribution in [0.4, 0.5) is 0 Å². The van der Waals surface area contributed by atoms with Gasteiger partial charge in [-0.1, -0.05) is 6.07 Å². The number of hydrogen-bond donors (Lipinski definition) is 2. The lowest BCUT2D eigenvalue weighted by Gasteiger charge is -2.16. The van der Waals surface area contributed by atoms with E-state index in [2.05, 4.69) is 0 Å². The van der Waals surface area contributed by atoms with Crippen molar-refractivity contribution in [2.24, 2.45) is 0 Å². The largest absolute Gasteiger partial charge is 0.508 e.